The summed E-state index contributed by atoms with van der Waals surface area (Å²) in [6.45, 7) is 7.49. The highest BCUT2D eigenvalue weighted by molar-refractivity contribution is 5.33. The molecule has 0 saturated carbocycles. The molecule has 1 aromatic carbocycles. The quantitative estimate of drug-likeness (QED) is 0.326. The molecule has 1 N–H and O–H groups in total. The number of hydrogen-bond donors (Lipinski definition) is 1. The number of unbranched alkanes of at least 4 members (excludes halogenated alkanes) is 1. The van der Waals surface area contributed by atoms with Crippen LogP contribution in [-0.4, -0.2) is 11.2 Å². The maximum atomic E-state index is 13.7. The van der Waals surface area contributed by atoms with E-state index >= 15 is 0 Å². The van der Waals surface area contributed by atoms with Gasteiger partial charge in [0.25, 0.3) is 0 Å². The highest BCUT2D eigenvalue weighted by atomic mass is 19.1. The third-order valence-electron chi connectivity index (χ3n) is 3.90. The van der Waals surface area contributed by atoms with E-state index in [4.69, 9.17) is 0 Å². The van der Waals surface area contributed by atoms with Gasteiger partial charge in [-0.2, -0.15) is 0 Å². The Hall–Kier alpha value is -2.11. The molecule has 0 aliphatic carbocycles. The van der Waals surface area contributed by atoms with Gasteiger partial charge in [-0.1, -0.05) is 59.9 Å². The Kier molecular flexibility index (Phi) is 10.3. The van der Waals surface area contributed by atoms with Crippen molar-refractivity contribution >= 4 is 0 Å². The highest BCUT2D eigenvalue weighted by Gasteiger charge is 2.05. The lowest BCUT2D eigenvalue weighted by Gasteiger charge is -2.08. The minimum Gasteiger partial charge on any atom is -0.389 e. The van der Waals surface area contributed by atoms with E-state index in [1.54, 1.807) is 13.0 Å². The van der Waals surface area contributed by atoms with E-state index in [1.165, 1.54) is 5.57 Å². The normalized spacial score (nSPS) is 13.1. The molecule has 0 aromatic heterocycles. The maximum Gasteiger partial charge on any atom is 0.0961 e. The van der Waals surface area contributed by atoms with Gasteiger partial charge in [0, 0.05) is 18.4 Å². The molecular formula is C23H29FO. The number of hydrogen-bond acceptors (Lipinski definition) is 1. The molecule has 0 amide bonds. The molecule has 0 aliphatic rings. The first-order valence-electron chi connectivity index (χ1n) is 8.86. The standard InChI is InChI=1S/C23H29FO/c1-19(2)23(25)18-17-22(24)16-10-12-20(3)11-6-4-7-13-21-14-8-5-9-15-21/h5,8-9,11,14-16,23,25H,1,4,6,10,12,17-18H2,2-3H3/b20-11+,22-16-. The van der Waals surface area contributed by atoms with Crippen LogP contribution < -0.4 is 0 Å². The van der Waals surface area contributed by atoms with Gasteiger partial charge in [-0.3, -0.25) is 0 Å². The summed E-state index contributed by atoms with van der Waals surface area (Å²) >= 11 is 0. The topological polar surface area (TPSA) is 20.2 Å². The number of rotatable bonds is 9. The van der Waals surface area contributed by atoms with Crippen LogP contribution in [0.1, 0.15) is 57.9 Å². The van der Waals surface area contributed by atoms with Gasteiger partial charge < -0.3 is 5.11 Å². The molecule has 25 heavy (non-hydrogen) atoms. The average Bonchev–Trinajstić information content (AvgIpc) is 2.60. The van der Waals surface area contributed by atoms with Crippen molar-refractivity contribution in [3.05, 3.63) is 71.6 Å². The fourth-order valence-corrected chi connectivity index (χ4v) is 2.26. The number of aliphatic hydroxyl groups is 1. The lowest BCUT2D eigenvalue weighted by molar-refractivity contribution is 0.198. The van der Waals surface area contributed by atoms with E-state index in [0.717, 1.165) is 24.8 Å². The van der Waals surface area contributed by atoms with Crippen molar-refractivity contribution in [2.45, 2.75) is 58.5 Å². The molecule has 2 heteroatoms. The van der Waals surface area contributed by atoms with Crippen LogP contribution in [0.2, 0.25) is 0 Å². The first-order valence-corrected chi connectivity index (χ1v) is 8.86. The monoisotopic (exact) mass is 340 g/mol. The Morgan fingerprint density at radius 3 is 2.56 bits per heavy atom. The Morgan fingerprint density at radius 2 is 1.88 bits per heavy atom. The first kappa shape index (κ1) is 20.9. The van der Waals surface area contributed by atoms with E-state index < -0.39 is 6.10 Å². The molecule has 0 aliphatic heterocycles. The molecule has 0 radical (unpaired) electrons. The molecule has 1 unspecified atom stereocenters. The molecule has 134 valence electrons. The summed E-state index contributed by atoms with van der Waals surface area (Å²) in [4.78, 5) is 0. The van der Waals surface area contributed by atoms with E-state index in [1.807, 2.05) is 30.3 Å². The van der Waals surface area contributed by atoms with E-state index in [0.29, 0.717) is 18.4 Å². The van der Waals surface area contributed by atoms with E-state index in [2.05, 4.69) is 31.4 Å². The highest BCUT2D eigenvalue weighted by Crippen LogP contribution is 2.15. The zero-order valence-corrected chi connectivity index (χ0v) is 15.4. The third-order valence-corrected chi connectivity index (χ3v) is 3.90. The smallest absolute Gasteiger partial charge is 0.0961 e. The molecular weight excluding hydrogens is 311 g/mol. The lowest BCUT2D eigenvalue weighted by Crippen LogP contribution is -2.06. The van der Waals surface area contributed by atoms with Crippen molar-refractivity contribution < 1.29 is 9.50 Å². The Morgan fingerprint density at radius 1 is 1.16 bits per heavy atom. The Labute approximate surface area is 152 Å². The number of halogens is 1. The second kappa shape index (κ2) is 12.3. The molecule has 0 bridgehead atoms. The van der Waals surface area contributed by atoms with Crippen molar-refractivity contribution in [1.82, 2.24) is 0 Å². The molecule has 1 rings (SSSR count). The molecule has 1 aromatic rings. The second-order valence-corrected chi connectivity index (χ2v) is 6.35. The van der Waals surface area contributed by atoms with Gasteiger partial charge in [0.2, 0.25) is 0 Å². The van der Waals surface area contributed by atoms with Crippen LogP contribution >= 0.6 is 0 Å². The number of allylic oxidation sites excluding steroid dienone is 4. The SMILES string of the molecule is C=C(C)C(O)CC/C(F)=C/CC/C(C)=C/CCC#Cc1ccccc1. The summed E-state index contributed by atoms with van der Waals surface area (Å²) < 4.78 is 13.7. The van der Waals surface area contributed by atoms with Crippen molar-refractivity contribution in [3.8, 4) is 11.8 Å². The predicted octanol–water partition coefficient (Wildman–Crippen LogP) is 6.12. The largest absolute Gasteiger partial charge is 0.389 e. The average molecular weight is 340 g/mol. The van der Waals surface area contributed by atoms with Crippen LogP contribution in [0.3, 0.4) is 0 Å². The van der Waals surface area contributed by atoms with Crippen LogP contribution in [0.15, 0.2) is 66.0 Å². The second-order valence-electron chi connectivity index (χ2n) is 6.35. The number of benzene rings is 1. The van der Waals surface area contributed by atoms with Crippen LogP contribution in [0.5, 0.6) is 0 Å². The van der Waals surface area contributed by atoms with Crippen LogP contribution in [0.25, 0.3) is 0 Å². The maximum absolute atomic E-state index is 13.7. The lowest BCUT2D eigenvalue weighted by atomic mass is 10.1. The fourth-order valence-electron chi connectivity index (χ4n) is 2.26. The summed E-state index contributed by atoms with van der Waals surface area (Å²) in [6, 6.07) is 9.96. The van der Waals surface area contributed by atoms with Gasteiger partial charge in [0.15, 0.2) is 0 Å². The van der Waals surface area contributed by atoms with Gasteiger partial charge in [0.05, 0.1) is 11.9 Å². The van der Waals surface area contributed by atoms with Crippen LogP contribution in [-0.2, 0) is 0 Å². The summed E-state index contributed by atoms with van der Waals surface area (Å²) in [7, 11) is 0. The van der Waals surface area contributed by atoms with Crippen LogP contribution in [0.4, 0.5) is 4.39 Å². The summed E-state index contributed by atoms with van der Waals surface area (Å²) in [5.41, 5.74) is 2.98. The minimum atomic E-state index is -0.613. The fraction of sp³-hybridized carbons (Fsp3) is 0.391. The third kappa shape index (κ3) is 10.4. The molecule has 0 fully saturated rings. The number of aliphatic hydroxyl groups excluding tert-OH is 1. The summed E-state index contributed by atoms with van der Waals surface area (Å²) in [5.74, 6) is 6.16. The van der Waals surface area contributed by atoms with Gasteiger partial charge in [-0.15, -0.1) is 0 Å². The minimum absolute atomic E-state index is 0.151. The van der Waals surface area contributed by atoms with E-state index in [-0.39, 0.29) is 12.2 Å². The van der Waals surface area contributed by atoms with Gasteiger partial charge in [-0.05, 0) is 51.7 Å². The molecule has 1 atom stereocenters. The molecule has 1 nitrogen and oxygen atoms in total. The van der Waals surface area contributed by atoms with Crippen molar-refractivity contribution in [2.75, 3.05) is 0 Å². The van der Waals surface area contributed by atoms with E-state index in [9.17, 15) is 9.50 Å². The van der Waals surface area contributed by atoms with Crippen molar-refractivity contribution in [2.24, 2.45) is 0 Å². The van der Waals surface area contributed by atoms with Crippen molar-refractivity contribution in [1.29, 1.82) is 0 Å². The summed E-state index contributed by atoms with van der Waals surface area (Å²) in [6.07, 6.45) is 7.14. The molecule has 0 heterocycles. The van der Waals surface area contributed by atoms with Crippen LogP contribution in [0, 0.1) is 11.8 Å². The Balaban J connectivity index is 2.23. The Bertz CT molecular complexity index is 644. The van der Waals surface area contributed by atoms with Crippen molar-refractivity contribution in [3.63, 3.8) is 0 Å². The molecule has 0 saturated heterocycles. The predicted molar refractivity (Wildman–Crippen MR) is 105 cm³/mol. The van der Waals surface area contributed by atoms with Gasteiger partial charge in [0.1, 0.15) is 0 Å². The summed E-state index contributed by atoms with van der Waals surface area (Å²) in [5, 5.41) is 9.59. The first-order chi connectivity index (χ1) is 12.0. The van der Waals surface area contributed by atoms with Gasteiger partial charge >= 0.3 is 0 Å². The zero-order chi connectivity index (χ0) is 18.5. The zero-order valence-electron chi connectivity index (χ0n) is 15.4. The van der Waals surface area contributed by atoms with Gasteiger partial charge in [-0.25, -0.2) is 4.39 Å². The molecule has 0 spiro atoms.